The van der Waals surface area contributed by atoms with Gasteiger partial charge in [-0.2, -0.15) is 12.6 Å². The van der Waals surface area contributed by atoms with Crippen LogP contribution in [0, 0.1) is 6.61 Å². The van der Waals surface area contributed by atoms with Crippen molar-refractivity contribution in [3.63, 3.8) is 0 Å². The van der Waals surface area contributed by atoms with Crippen LogP contribution in [0.1, 0.15) is 0 Å². The van der Waals surface area contributed by atoms with Gasteiger partial charge in [0.1, 0.15) is 0 Å². The van der Waals surface area contributed by atoms with Crippen molar-refractivity contribution < 1.29 is 14.2 Å². The zero-order valence-corrected chi connectivity index (χ0v) is 7.68. The second kappa shape index (κ2) is 10.2. The van der Waals surface area contributed by atoms with E-state index in [-0.39, 0.29) is 0 Å². The van der Waals surface area contributed by atoms with Crippen LogP contribution in [0.3, 0.4) is 0 Å². The van der Waals surface area contributed by atoms with Crippen molar-refractivity contribution in [2.75, 3.05) is 39.3 Å². The summed E-state index contributed by atoms with van der Waals surface area (Å²) in [5.41, 5.74) is 0. The molecule has 0 heterocycles. The summed E-state index contributed by atoms with van der Waals surface area (Å²) in [5.74, 6) is 0.637. The summed E-state index contributed by atoms with van der Waals surface area (Å²) in [5, 5.41) is 0. The molecule has 0 N–H and O–H groups in total. The summed E-state index contributed by atoms with van der Waals surface area (Å²) in [6, 6.07) is 0. The molecule has 11 heavy (non-hydrogen) atoms. The Balaban J connectivity index is 2.69. The van der Waals surface area contributed by atoms with Gasteiger partial charge in [-0.05, 0) is 0 Å². The fourth-order valence-corrected chi connectivity index (χ4v) is 0.593. The average molecular weight is 179 g/mol. The molecule has 1 radical (unpaired) electrons. The largest absolute Gasteiger partial charge is 0.382 e. The molecule has 4 heteroatoms. The second-order valence-electron chi connectivity index (χ2n) is 1.83. The van der Waals surface area contributed by atoms with Crippen molar-refractivity contribution in [3.8, 4) is 0 Å². The molecule has 0 saturated heterocycles. The van der Waals surface area contributed by atoms with E-state index < -0.39 is 0 Å². The molecule has 67 valence electrons. The molecule has 0 aromatic heterocycles. The Bertz CT molecular complexity index is 62.7. The second-order valence-corrected chi connectivity index (χ2v) is 2.19. The molecule has 3 nitrogen and oxygen atoms in total. The molecule has 0 fully saturated rings. The van der Waals surface area contributed by atoms with Crippen molar-refractivity contribution in [2.45, 2.75) is 0 Å². The third kappa shape index (κ3) is 10.2. The molecule has 0 aliphatic carbocycles. The Morgan fingerprint density at radius 2 is 1.91 bits per heavy atom. The van der Waals surface area contributed by atoms with Gasteiger partial charge in [0, 0.05) is 12.9 Å². The fraction of sp³-hybridized carbons (Fsp3) is 0.857. The van der Waals surface area contributed by atoms with Crippen molar-refractivity contribution >= 4 is 12.6 Å². The van der Waals surface area contributed by atoms with Crippen LogP contribution in [0.5, 0.6) is 0 Å². The van der Waals surface area contributed by atoms with Gasteiger partial charge in [0.2, 0.25) is 0 Å². The Morgan fingerprint density at radius 1 is 1.18 bits per heavy atom. The first-order valence-corrected chi connectivity index (χ1v) is 4.16. The van der Waals surface area contributed by atoms with E-state index in [1.165, 1.54) is 0 Å². The number of ether oxygens (including phenoxy) is 3. The highest BCUT2D eigenvalue weighted by Crippen LogP contribution is 1.85. The number of thiol groups is 1. The van der Waals surface area contributed by atoms with E-state index in [4.69, 9.17) is 14.2 Å². The summed E-state index contributed by atoms with van der Waals surface area (Å²) in [7, 11) is 1.65. The van der Waals surface area contributed by atoms with E-state index in [2.05, 4.69) is 12.6 Å². The summed E-state index contributed by atoms with van der Waals surface area (Å²) >= 11 is 3.94. The average Bonchev–Trinajstić information content (AvgIpc) is 2.03. The fourth-order valence-electron chi connectivity index (χ4n) is 0.487. The summed E-state index contributed by atoms with van der Waals surface area (Å²) in [6.45, 7) is 4.09. The van der Waals surface area contributed by atoms with E-state index in [0.29, 0.717) is 32.2 Å². The van der Waals surface area contributed by atoms with Gasteiger partial charge in [-0.3, -0.25) is 0 Å². The minimum absolute atomic E-state index is 0.588. The Morgan fingerprint density at radius 3 is 2.55 bits per heavy atom. The molecule has 0 bridgehead atoms. The van der Waals surface area contributed by atoms with E-state index >= 15 is 0 Å². The quantitative estimate of drug-likeness (QED) is 0.440. The number of hydrogen-bond donors (Lipinski definition) is 1. The Labute approximate surface area is 73.4 Å². The van der Waals surface area contributed by atoms with Crippen LogP contribution >= 0.6 is 12.6 Å². The van der Waals surface area contributed by atoms with Crippen molar-refractivity contribution in [1.82, 2.24) is 0 Å². The van der Waals surface area contributed by atoms with E-state index in [1.54, 1.807) is 13.7 Å². The maximum Gasteiger partial charge on any atom is 0.0933 e. The lowest BCUT2D eigenvalue weighted by atomic mass is 10.7. The predicted molar refractivity (Wildman–Crippen MR) is 46.8 cm³/mol. The first kappa shape index (κ1) is 11.2. The maximum atomic E-state index is 5.13. The summed E-state index contributed by atoms with van der Waals surface area (Å²) in [6.07, 6.45) is 0. The number of methoxy groups -OCH3 is 1. The Hall–Kier alpha value is 0.230. The van der Waals surface area contributed by atoms with Crippen molar-refractivity contribution in [3.05, 3.63) is 6.61 Å². The van der Waals surface area contributed by atoms with Crippen molar-refractivity contribution in [1.29, 1.82) is 0 Å². The molecule has 0 unspecified atom stereocenters. The molecule has 0 saturated carbocycles. The monoisotopic (exact) mass is 179 g/mol. The minimum atomic E-state index is 0.588. The van der Waals surface area contributed by atoms with E-state index in [9.17, 15) is 0 Å². The van der Waals surface area contributed by atoms with Gasteiger partial charge in [0.15, 0.2) is 0 Å². The lowest BCUT2D eigenvalue weighted by molar-refractivity contribution is 0.0403. The molecule has 0 aromatic rings. The standard InChI is InChI=1S/C7H15O3S/c1-8-2-3-9-4-5-10-6-7-11/h6,11H,2-5,7H2,1H3. The summed E-state index contributed by atoms with van der Waals surface area (Å²) in [4.78, 5) is 0. The number of rotatable bonds is 8. The zero-order valence-electron chi connectivity index (χ0n) is 6.78. The van der Waals surface area contributed by atoms with Gasteiger partial charge < -0.3 is 14.2 Å². The Kier molecular flexibility index (Phi) is 10.4. The van der Waals surface area contributed by atoms with Gasteiger partial charge in [-0.25, -0.2) is 0 Å². The zero-order chi connectivity index (χ0) is 8.36. The van der Waals surface area contributed by atoms with Gasteiger partial charge in [0.25, 0.3) is 0 Å². The van der Waals surface area contributed by atoms with Gasteiger partial charge >= 0.3 is 0 Å². The molecule has 0 rings (SSSR count). The highest BCUT2D eigenvalue weighted by atomic mass is 32.1. The SMILES string of the molecule is COCCOCCO[CH]CS. The smallest absolute Gasteiger partial charge is 0.0933 e. The highest BCUT2D eigenvalue weighted by molar-refractivity contribution is 7.80. The van der Waals surface area contributed by atoms with Crippen LogP contribution < -0.4 is 0 Å². The van der Waals surface area contributed by atoms with E-state index in [1.807, 2.05) is 0 Å². The molecular weight excluding hydrogens is 164 g/mol. The predicted octanol–water partition coefficient (Wildman–Crippen LogP) is 0.758. The van der Waals surface area contributed by atoms with Crippen LogP contribution in [0.15, 0.2) is 0 Å². The third-order valence-corrected chi connectivity index (χ3v) is 1.12. The molecule has 0 aromatic carbocycles. The van der Waals surface area contributed by atoms with E-state index in [0.717, 1.165) is 0 Å². The lowest BCUT2D eigenvalue weighted by Crippen LogP contribution is -2.07. The maximum absolute atomic E-state index is 5.13. The van der Waals surface area contributed by atoms with Gasteiger partial charge in [0.05, 0.1) is 33.0 Å². The number of hydrogen-bond acceptors (Lipinski definition) is 4. The molecule has 0 aliphatic rings. The molecular formula is C7H15O3S. The van der Waals surface area contributed by atoms with Crippen LogP contribution in [0.25, 0.3) is 0 Å². The molecule has 0 atom stereocenters. The molecule has 0 amide bonds. The topological polar surface area (TPSA) is 27.7 Å². The summed E-state index contributed by atoms with van der Waals surface area (Å²) < 4.78 is 14.9. The first-order valence-electron chi connectivity index (χ1n) is 3.52. The van der Waals surface area contributed by atoms with Crippen molar-refractivity contribution in [2.24, 2.45) is 0 Å². The van der Waals surface area contributed by atoms with Crippen LogP contribution in [0.4, 0.5) is 0 Å². The molecule has 0 aliphatic heterocycles. The van der Waals surface area contributed by atoms with Crippen LogP contribution in [-0.4, -0.2) is 39.3 Å². The normalized spacial score (nSPS) is 10.4. The minimum Gasteiger partial charge on any atom is -0.382 e. The van der Waals surface area contributed by atoms with Crippen LogP contribution in [0.2, 0.25) is 0 Å². The highest BCUT2D eigenvalue weighted by Gasteiger charge is 1.88. The molecule has 0 spiro atoms. The van der Waals surface area contributed by atoms with Gasteiger partial charge in [-0.1, -0.05) is 0 Å². The van der Waals surface area contributed by atoms with Gasteiger partial charge in [-0.15, -0.1) is 0 Å². The van der Waals surface area contributed by atoms with Crippen LogP contribution in [-0.2, 0) is 14.2 Å². The third-order valence-electron chi connectivity index (χ3n) is 0.970. The first-order chi connectivity index (χ1) is 5.41. The lowest BCUT2D eigenvalue weighted by Gasteiger charge is -2.02.